The number of rotatable bonds is 19. The summed E-state index contributed by atoms with van der Waals surface area (Å²) in [7, 11) is 5.33. The number of nitrogens with one attached hydrogen (secondary N) is 2. The molecule has 0 fully saturated rings. The Morgan fingerprint density at radius 3 is 2.14 bits per heavy atom. The molecule has 0 spiro atoms. The Kier molecular flexibility index (Phi) is 20.0. The zero-order chi connectivity index (χ0) is 26.3. The summed E-state index contributed by atoms with van der Waals surface area (Å²) in [5.41, 5.74) is 2.20. The van der Waals surface area contributed by atoms with Crippen LogP contribution in [0.15, 0.2) is 18.2 Å². The molecule has 1 aromatic carbocycles. The zero-order valence-corrected chi connectivity index (χ0v) is 21.0. The van der Waals surface area contributed by atoms with E-state index >= 15 is 0 Å². The van der Waals surface area contributed by atoms with Gasteiger partial charge in [-0.1, -0.05) is 25.7 Å². The van der Waals surface area contributed by atoms with Gasteiger partial charge in [-0.05, 0) is 38.0 Å². The van der Waals surface area contributed by atoms with Crippen LogP contribution < -0.4 is 10.6 Å². The first-order chi connectivity index (χ1) is 17.0. The lowest BCUT2D eigenvalue weighted by Crippen LogP contribution is -2.37. The van der Waals surface area contributed by atoms with Crippen LogP contribution in [0.1, 0.15) is 42.6 Å². The fraction of sp³-hybridized carbons (Fsp3) is 0.583. The van der Waals surface area contributed by atoms with Crippen LogP contribution in [0.3, 0.4) is 0 Å². The minimum absolute atomic E-state index is 0.126. The van der Waals surface area contributed by atoms with E-state index in [-0.39, 0.29) is 11.9 Å². The number of amides is 4. The van der Waals surface area contributed by atoms with Crippen LogP contribution in [0.25, 0.3) is 0 Å². The van der Waals surface area contributed by atoms with Crippen molar-refractivity contribution >= 4 is 38.7 Å². The summed E-state index contributed by atoms with van der Waals surface area (Å²) in [6.07, 6.45) is 3.46. The normalized spacial score (nSPS) is 10.9. The first-order valence-corrected chi connectivity index (χ1v) is 11.7. The molecular weight excluding hydrogens is 453 g/mol. The van der Waals surface area contributed by atoms with Crippen molar-refractivity contribution in [1.29, 1.82) is 0 Å². The van der Waals surface area contributed by atoms with Crippen LogP contribution in [-0.2, 0) is 28.6 Å². The fourth-order valence-corrected chi connectivity index (χ4v) is 3.02. The Morgan fingerprint density at radius 2 is 1.63 bits per heavy atom. The maximum Gasteiger partial charge on any atom is 0.260 e. The number of hydrogen-bond acceptors (Lipinski definition) is 8. The van der Waals surface area contributed by atoms with Gasteiger partial charge in [0.25, 0.3) is 5.91 Å². The number of anilines is 1. The maximum atomic E-state index is 12.8. The Hall–Kier alpha value is -2.76. The first-order valence-electron chi connectivity index (χ1n) is 11.7. The summed E-state index contributed by atoms with van der Waals surface area (Å²) < 4.78 is 16.2. The topological polar surface area (TPSA) is 123 Å². The van der Waals surface area contributed by atoms with Gasteiger partial charge in [-0.25, -0.2) is 0 Å². The van der Waals surface area contributed by atoms with Crippen LogP contribution in [-0.4, -0.2) is 90.1 Å². The predicted molar refractivity (Wildman–Crippen MR) is 135 cm³/mol. The summed E-state index contributed by atoms with van der Waals surface area (Å²) in [5.74, 6) is -0.268. The Balaban J connectivity index is 0.00000209. The maximum absolute atomic E-state index is 12.8. The zero-order valence-electron chi connectivity index (χ0n) is 21.0. The minimum Gasteiger partial charge on any atom is -0.382 e. The standard InChI is InChI=1S/C22H35BN2O5.C2H3NO2/c1-4-6-18(2)25(17-26)22(27)20-7-5-8-21(19(20)3)24-10-12-29-14-16-30-15-13-28-11-9-23;4-1-3-2-5/h5,7-8,17-18,24H,4,6,9-16H2,1-3H3;1-2H,(H,3,4,5). The first kappa shape index (κ1) is 32.2. The van der Waals surface area contributed by atoms with Crippen LogP contribution in [0.2, 0.25) is 6.32 Å². The number of nitrogens with zero attached hydrogens (tertiary/aromatic N) is 1. The van der Waals surface area contributed by atoms with Gasteiger partial charge in [0.1, 0.15) is 0 Å². The Bertz CT molecular complexity index is 731. The predicted octanol–water partition coefficient (Wildman–Crippen LogP) is 1.72. The van der Waals surface area contributed by atoms with Gasteiger partial charge in [0.05, 0.1) is 40.9 Å². The smallest absolute Gasteiger partial charge is 0.260 e. The molecule has 1 aromatic rings. The van der Waals surface area contributed by atoms with Gasteiger partial charge in [-0.15, -0.1) is 0 Å². The van der Waals surface area contributed by atoms with E-state index in [0.717, 1.165) is 24.1 Å². The molecule has 0 saturated carbocycles. The Morgan fingerprint density at radius 1 is 1.03 bits per heavy atom. The van der Waals surface area contributed by atoms with Crippen LogP contribution in [0.5, 0.6) is 0 Å². The van der Waals surface area contributed by atoms with Gasteiger partial charge in [0.2, 0.25) is 19.2 Å². The lowest BCUT2D eigenvalue weighted by Gasteiger charge is -2.24. The van der Waals surface area contributed by atoms with E-state index in [2.05, 4.69) is 5.32 Å². The molecule has 0 aliphatic heterocycles. The van der Waals surface area contributed by atoms with E-state index in [9.17, 15) is 9.59 Å². The number of carbonyl (C=O) groups is 4. The molecule has 0 aromatic heterocycles. The molecule has 1 atom stereocenters. The number of benzene rings is 1. The van der Waals surface area contributed by atoms with E-state index in [1.165, 1.54) is 4.90 Å². The molecule has 10 nitrogen and oxygen atoms in total. The van der Waals surface area contributed by atoms with Crippen molar-refractivity contribution in [2.75, 3.05) is 51.5 Å². The minimum atomic E-state index is -0.268. The lowest BCUT2D eigenvalue weighted by molar-refractivity contribution is -0.118. The van der Waals surface area contributed by atoms with Gasteiger partial charge in [0, 0.05) is 30.4 Å². The molecule has 2 N–H and O–H groups in total. The second kappa shape index (κ2) is 21.8. The molecule has 0 saturated heterocycles. The van der Waals surface area contributed by atoms with Crippen LogP contribution in [0, 0.1) is 6.92 Å². The SMILES string of the molecule is O=CNC=O.[B]CCOCCOCCOCCNc1cccc(C(=O)N(C=O)C(C)CCC)c1C. The molecular formula is C24H38BN3O7. The third kappa shape index (κ3) is 14.3. The lowest BCUT2D eigenvalue weighted by atomic mass is 10.0. The van der Waals surface area contributed by atoms with Crippen molar-refractivity contribution in [3.05, 3.63) is 29.3 Å². The molecule has 35 heavy (non-hydrogen) atoms. The molecule has 1 unspecified atom stereocenters. The number of hydrogen-bond donors (Lipinski definition) is 2. The van der Waals surface area contributed by atoms with Crippen molar-refractivity contribution < 1.29 is 33.4 Å². The highest BCUT2D eigenvalue weighted by Crippen LogP contribution is 2.21. The van der Waals surface area contributed by atoms with Gasteiger partial charge < -0.3 is 24.8 Å². The molecule has 1 rings (SSSR count). The van der Waals surface area contributed by atoms with Crippen LogP contribution in [0.4, 0.5) is 5.69 Å². The van der Waals surface area contributed by atoms with E-state index < -0.39 is 0 Å². The monoisotopic (exact) mass is 491 g/mol. The summed E-state index contributed by atoms with van der Waals surface area (Å²) in [4.78, 5) is 43.7. The molecule has 194 valence electrons. The van der Waals surface area contributed by atoms with Gasteiger partial charge >= 0.3 is 0 Å². The number of ether oxygens (including phenoxy) is 3. The molecule has 0 aliphatic carbocycles. The summed E-state index contributed by atoms with van der Waals surface area (Å²) >= 11 is 0. The van der Waals surface area contributed by atoms with E-state index in [1.807, 2.05) is 32.9 Å². The molecule has 4 amide bonds. The third-order valence-electron chi connectivity index (χ3n) is 4.80. The van der Waals surface area contributed by atoms with Crippen molar-refractivity contribution in [3.63, 3.8) is 0 Å². The largest absolute Gasteiger partial charge is 0.382 e. The van der Waals surface area contributed by atoms with Crippen molar-refractivity contribution in [1.82, 2.24) is 10.2 Å². The summed E-state index contributed by atoms with van der Waals surface area (Å²) in [6, 6.07) is 5.36. The van der Waals surface area contributed by atoms with Crippen molar-refractivity contribution in [3.8, 4) is 0 Å². The highest BCUT2D eigenvalue weighted by molar-refractivity contribution is 6.08. The van der Waals surface area contributed by atoms with Crippen molar-refractivity contribution in [2.24, 2.45) is 0 Å². The molecule has 11 heteroatoms. The summed E-state index contributed by atoms with van der Waals surface area (Å²) in [6.45, 7) is 9.52. The number of carbonyl (C=O) groups excluding carboxylic acids is 4. The Labute approximate surface area is 209 Å². The second-order valence-corrected chi connectivity index (χ2v) is 7.39. The second-order valence-electron chi connectivity index (χ2n) is 7.39. The van der Waals surface area contributed by atoms with E-state index in [1.54, 1.807) is 11.4 Å². The van der Waals surface area contributed by atoms with Crippen molar-refractivity contribution in [2.45, 2.75) is 46.0 Å². The highest BCUT2D eigenvalue weighted by atomic mass is 16.5. The van der Waals surface area contributed by atoms with Gasteiger partial charge in [0.15, 0.2) is 0 Å². The fourth-order valence-electron chi connectivity index (χ4n) is 3.02. The number of imide groups is 2. The van der Waals surface area contributed by atoms with Gasteiger partial charge in [-0.2, -0.15) is 0 Å². The van der Waals surface area contributed by atoms with Gasteiger partial charge in [-0.3, -0.25) is 24.1 Å². The molecule has 0 heterocycles. The van der Waals surface area contributed by atoms with E-state index in [4.69, 9.17) is 31.6 Å². The molecule has 2 radical (unpaired) electrons. The quantitative estimate of drug-likeness (QED) is 0.170. The van der Waals surface area contributed by atoms with E-state index in [0.29, 0.717) is 77.3 Å². The highest BCUT2D eigenvalue weighted by Gasteiger charge is 2.22. The molecule has 0 bridgehead atoms. The average molecular weight is 491 g/mol. The third-order valence-corrected chi connectivity index (χ3v) is 4.80. The summed E-state index contributed by atoms with van der Waals surface area (Å²) in [5, 5.41) is 5.04. The average Bonchev–Trinajstić information content (AvgIpc) is 2.85. The van der Waals surface area contributed by atoms with Crippen LogP contribution >= 0.6 is 0 Å². The molecule has 0 aliphatic rings.